The van der Waals surface area contributed by atoms with Crippen molar-refractivity contribution in [2.24, 2.45) is 0 Å². The van der Waals surface area contributed by atoms with Crippen molar-refractivity contribution in [1.82, 2.24) is 0 Å². The molecule has 1 rings (SSSR count). The topological polar surface area (TPSA) is 43.1 Å². The fraction of sp³-hybridized carbons (Fsp3) is 0. The van der Waals surface area contributed by atoms with Crippen LogP contribution in [0.2, 0.25) is 5.02 Å². The second-order valence-electron chi connectivity index (χ2n) is 2.19. The van der Waals surface area contributed by atoms with Crippen molar-refractivity contribution in [3.05, 3.63) is 33.3 Å². The lowest BCUT2D eigenvalue weighted by Crippen LogP contribution is -2.03. The summed E-state index contributed by atoms with van der Waals surface area (Å²) < 4.78 is 0. The van der Waals surface area contributed by atoms with E-state index in [2.05, 4.69) is 0 Å². The zero-order valence-electron chi connectivity index (χ0n) is 5.87. The van der Waals surface area contributed by atoms with Gasteiger partial charge in [0.15, 0.2) is 0 Å². The molecule has 0 amide bonds. The summed E-state index contributed by atoms with van der Waals surface area (Å²) in [6.45, 7) is 0. The lowest BCUT2D eigenvalue weighted by molar-refractivity contribution is -0.384. The Morgan fingerprint density at radius 3 is 2.64 bits per heavy atom. The minimum Gasteiger partial charge on any atom is -0.258 e. The Balaban J connectivity index is 3.15. The summed E-state index contributed by atoms with van der Waals surface area (Å²) in [5, 5.41) is 11.7. The van der Waals surface area contributed by atoms with Gasteiger partial charge in [-0.2, -0.15) is 0 Å². The van der Waals surface area contributed by atoms with Gasteiger partial charge in [-0.05, 0) is 0 Å². The quantitative estimate of drug-likeness (QED) is 0.359. The van der Waals surface area contributed by atoms with E-state index in [4.69, 9.17) is 11.6 Å². The molecule has 0 N–H and O–H groups in total. The van der Waals surface area contributed by atoms with Crippen molar-refractivity contribution in [3.8, 4) is 0 Å². The molecular weight excluding hydrogens is 182 g/mol. The minimum atomic E-state index is -0.452. The van der Waals surface area contributed by atoms with Crippen LogP contribution in [-0.4, -0.2) is 15.2 Å². The Hall–Kier alpha value is -0.873. The summed E-state index contributed by atoms with van der Waals surface area (Å²) in [6.07, 6.45) is 0. The van der Waals surface area contributed by atoms with Gasteiger partial charge in [0.25, 0.3) is 5.69 Å². The molecule has 0 saturated carbocycles. The van der Waals surface area contributed by atoms with Crippen molar-refractivity contribution in [3.63, 3.8) is 0 Å². The summed E-state index contributed by atoms with van der Waals surface area (Å²) in [7, 11) is 0.815. The number of nitrogens with zero attached hydrogens (tertiary/aromatic N) is 1. The fourth-order valence-electron chi connectivity index (χ4n) is 0.695. The van der Waals surface area contributed by atoms with E-state index >= 15 is 0 Å². The van der Waals surface area contributed by atoms with Gasteiger partial charge < -0.3 is 0 Å². The molecule has 1 aromatic carbocycles. The predicted octanol–water partition coefficient (Wildman–Crippen LogP) is 0.239. The molecule has 5 heteroatoms. The molecule has 0 aliphatic heterocycles. The molecule has 1 aromatic rings. The normalized spacial score (nSPS) is 9.91. The van der Waals surface area contributed by atoms with Gasteiger partial charge in [0, 0.05) is 27.4 Å². The molecule has 0 fully saturated rings. The largest absolute Gasteiger partial charge is 0.270 e. The second kappa shape index (κ2) is 3.02. The van der Waals surface area contributed by atoms with Crippen molar-refractivity contribution in [1.29, 1.82) is 0 Å². The third-order valence-electron chi connectivity index (χ3n) is 1.37. The van der Waals surface area contributed by atoms with Gasteiger partial charge in [0.05, 0.1) is 4.92 Å². The van der Waals surface area contributed by atoms with Gasteiger partial charge in [0.1, 0.15) is 0 Å². The average Bonchev–Trinajstić information content (AvgIpc) is 1.94. The maximum Gasteiger partial charge on any atom is 0.270 e. The standard InChI is InChI=1S/C6H6ClNO2Si/c7-5-3-4(8(9)10)1-2-6(5)11/h1-3H,11H3. The number of benzene rings is 1. The Morgan fingerprint density at radius 1 is 1.55 bits per heavy atom. The van der Waals surface area contributed by atoms with Crippen LogP contribution in [0, 0.1) is 10.1 Å². The van der Waals surface area contributed by atoms with Crippen LogP contribution in [0.5, 0.6) is 0 Å². The molecule has 0 saturated heterocycles. The van der Waals surface area contributed by atoms with Crippen molar-refractivity contribution in [2.45, 2.75) is 0 Å². The zero-order valence-corrected chi connectivity index (χ0v) is 8.63. The number of halogens is 1. The first-order chi connectivity index (χ1) is 5.11. The summed E-state index contributed by atoms with van der Waals surface area (Å²) in [5.41, 5.74) is 0.0506. The predicted molar refractivity (Wildman–Crippen MR) is 47.7 cm³/mol. The maximum atomic E-state index is 10.2. The van der Waals surface area contributed by atoms with Gasteiger partial charge in [0.2, 0.25) is 0 Å². The van der Waals surface area contributed by atoms with Gasteiger partial charge >= 0.3 is 0 Å². The number of nitro benzene ring substituents is 1. The summed E-state index contributed by atoms with van der Waals surface area (Å²) >= 11 is 5.69. The molecule has 0 spiro atoms. The fourth-order valence-corrected chi connectivity index (χ4v) is 1.18. The van der Waals surface area contributed by atoms with Crippen molar-refractivity contribution >= 4 is 32.7 Å². The van der Waals surface area contributed by atoms with Crippen LogP contribution in [-0.2, 0) is 0 Å². The Morgan fingerprint density at radius 2 is 2.18 bits per heavy atom. The molecule has 0 heterocycles. The van der Waals surface area contributed by atoms with Crippen molar-refractivity contribution < 1.29 is 4.92 Å². The summed E-state index contributed by atoms with van der Waals surface area (Å²) in [5.74, 6) is 0. The van der Waals surface area contributed by atoms with E-state index in [1.54, 1.807) is 6.07 Å². The lowest BCUT2D eigenvalue weighted by Gasteiger charge is -1.95. The monoisotopic (exact) mass is 187 g/mol. The van der Waals surface area contributed by atoms with E-state index in [-0.39, 0.29) is 5.69 Å². The highest BCUT2D eigenvalue weighted by atomic mass is 35.5. The molecule has 58 valence electrons. The molecule has 11 heavy (non-hydrogen) atoms. The van der Waals surface area contributed by atoms with E-state index in [1.807, 2.05) is 0 Å². The first-order valence-corrected chi connectivity index (χ1v) is 4.39. The van der Waals surface area contributed by atoms with E-state index < -0.39 is 4.92 Å². The van der Waals surface area contributed by atoms with E-state index in [1.165, 1.54) is 12.1 Å². The van der Waals surface area contributed by atoms with E-state index in [9.17, 15) is 10.1 Å². The van der Waals surface area contributed by atoms with Crippen LogP contribution in [0.3, 0.4) is 0 Å². The minimum absolute atomic E-state index is 0.0506. The van der Waals surface area contributed by atoms with Crippen molar-refractivity contribution in [2.75, 3.05) is 0 Å². The zero-order chi connectivity index (χ0) is 8.43. The Labute approximate surface area is 71.6 Å². The van der Waals surface area contributed by atoms with Gasteiger partial charge in [-0.3, -0.25) is 10.1 Å². The third-order valence-corrected chi connectivity index (χ3v) is 2.96. The molecule has 0 radical (unpaired) electrons. The average molecular weight is 188 g/mol. The number of non-ortho nitro benzene ring substituents is 1. The molecule has 0 atom stereocenters. The maximum absolute atomic E-state index is 10.2. The molecule has 0 aromatic heterocycles. The van der Waals surface area contributed by atoms with Crippen LogP contribution in [0.1, 0.15) is 0 Å². The van der Waals surface area contributed by atoms with Crippen LogP contribution in [0.4, 0.5) is 5.69 Å². The number of hydrogen-bond donors (Lipinski definition) is 0. The van der Waals surface area contributed by atoms with Crippen LogP contribution in [0.25, 0.3) is 0 Å². The third kappa shape index (κ3) is 1.78. The van der Waals surface area contributed by atoms with Crippen LogP contribution < -0.4 is 5.19 Å². The SMILES string of the molecule is O=[N+]([O-])c1ccc([SiH3])c(Cl)c1. The molecule has 0 aliphatic rings. The van der Waals surface area contributed by atoms with Gasteiger partial charge in [-0.15, -0.1) is 0 Å². The highest BCUT2D eigenvalue weighted by molar-refractivity contribution is 6.45. The summed E-state index contributed by atoms with van der Waals surface area (Å²) in [4.78, 5) is 9.77. The van der Waals surface area contributed by atoms with Crippen LogP contribution in [0.15, 0.2) is 18.2 Å². The Kier molecular flexibility index (Phi) is 2.26. The molecule has 0 unspecified atom stereocenters. The van der Waals surface area contributed by atoms with E-state index in [0.717, 1.165) is 15.4 Å². The molecule has 0 bridgehead atoms. The smallest absolute Gasteiger partial charge is 0.258 e. The van der Waals surface area contributed by atoms with Gasteiger partial charge in [-0.25, -0.2) is 0 Å². The molecule has 0 aliphatic carbocycles. The highest BCUT2D eigenvalue weighted by Gasteiger charge is 2.05. The molecule has 3 nitrogen and oxygen atoms in total. The highest BCUT2D eigenvalue weighted by Crippen LogP contribution is 2.14. The lowest BCUT2D eigenvalue weighted by atomic mass is 10.3. The number of rotatable bonds is 1. The molecular formula is C6H6ClNO2Si. The first kappa shape index (κ1) is 8.23. The summed E-state index contributed by atoms with van der Waals surface area (Å²) in [6, 6.07) is 4.53. The van der Waals surface area contributed by atoms with E-state index in [0.29, 0.717) is 5.02 Å². The second-order valence-corrected chi connectivity index (χ2v) is 3.68. The Bertz CT molecular complexity index is 303. The van der Waals surface area contributed by atoms with Crippen LogP contribution >= 0.6 is 11.6 Å². The first-order valence-electron chi connectivity index (χ1n) is 3.02. The number of nitro groups is 1. The number of hydrogen-bond acceptors (Lipinski definition) is 2. The van der Waals surface area contributed by atoms with Gasteiger partial charge in [-0.1, -0.05) is 22.9 Å².